The fourth-order valence-electron chi connectivity index (χ4n) is 2.74. The van der Waals surface area contributed by atoms with E-state index in [1.807, 2.05) is 17.0 Å². The molecule has 0 bridgehead atoms. The molecule has 1 aromatic carbocycles. The highest BCUT2D eigenvalue weighted by molar-refractivity contribution is 5.76. The Hall–Kier alpha value is -1.51. The lowest BCUT2D eigenvalue weighted by molar-refractivity contribution is -0.132. The number of methoxy groups -OCH3 is 1. The van der Waals surface area contributed by atoms with E-state index in [4.69, 9.17) is 4.74 Å². The average molecular weight is 261 g/mol. The van der Waals surface area contributed by atoms with Gasteiger partial charge in [0.15, 0.2) is 0 Å². The zero-order valence-corrected chi connectivity index (χ0v) is 11.9. The van der Waals surface area contributed by atoms with E-state index in [0.717, 1.165) is 38.1 Å². The van der Waals surface area contributed by atoms with Gasteiger partial charge in [-0.05, 0) is 37.0 Å². The number of rotatable bonds is 4. The molecule has 1 aliphatic rings. The Balaban J connectivity index is 2.05. The molecule has 0 radical (unpaired) electrons. The highest BCUT2D eigenvalue weighted by atomic mass is 16.5. The van der Waals surface area contributed by atoms with Gasteiger partial charge in [0.05, 0.1) is 7.11 Å². The first kappa shape index (κ1) is 13.9. The smallest absolute Gasteiger partial charge is 0.222 e. The van der Waals surface area contributed by atoms with E-state index in [9.17, 15) is 4.79 Å². The predicted octanol–water partition coefficient (Wildman–Crippen LogP) is 3.20. The van der Waals surface area contributed by atoms with Crippen LogP contribution in [0.1, 0.15) is 44.1 Å². The molecule has 0 saturated carbocycles. The van der Waals surface area contributed by atoms with Crippen LogP contribution in [0.3, 0.4) is 0 Å². The molecule has 0 N–H and O–H groups in total. The van der Waals surface area contributed by atoms with Crippen molar-refractivity contribution in [1.29, 1.82) is 0 Å². The second kappa shape index (κ2) is 6.60. The van der Waals surface area contributed by atoms with Crippen molar-refractivity contribution >= 4 is 5.91 Å². The largest absolute Gasteiger partial charge is 0.497 e. The number of amides is 1. The van der Waals surface area contributed by atoms with Crippen molar-refractivity contribution in [3.05, 3.63) is 29.8 Å². The lowest BCUT2D eigenvalue weighted by atomic mass is 9.90. The van der Waals surface area contributed by atoms with Gasteiger partial charge in [0.25, 0.3) is 0 Å². The van der Waals surface area contributed by atoms with Gasteiger partial charge in [0.1, 0.15) is 5.75 Å². The predicted molar refractivity (Wildman–Crippen MR) is 76.5 cm³/mol. The fraction of sp³-hybridized carbons (Fsp3) is 0.562. The number of ether oxygens (including phenoxy) is 1. The van der Waals surface area contributed by atoms with Gasteiger partial charge in [-0.15, -0.1) is 0 Å². The second-order valence-electron chi connectivity index (χ2n) is 5.21. The van der Waals surface area contributed by atoms with Crippen LogP contribution in [0.4, 0.5) is 0 Å². The molecule has 1 amide bonds. The molecule has 1 fully saturated rings. The standard InChI is InChI=1S/C16H23NO2/c1-3-6-16(18)17-10-5-8-14(12-17)13-7-4-9-15(11-13)19-2/h4,7,9,11,14H,3,5-6,8,10,12H2,1-2H3. The van der Waals surface area contributed by atoms with Crippen molar-refractivity contribution < 1.29 is 9.53 Å². The molecule has 1 unspecified atom stereocenters. The fourth-order valence-corrected chi connectivity index (χ4v) is 2.74. The van der Waals surface area contributed by atoms with E-state index < -0.39 is 0 Å². The molecule has 2 rings (SSSR count). The van der Waals surface area contributed by atoms with Crippen LogP contribution in [0.25, 0.3) is 0 Å². The molecule has 1 atom stereocenters. The summed E-state index contributed by atoms with van der Waals surface area (Å²) in [4.78, 5) is 14.0. The minimum atomic E-state index is 0.301. The molecule has 19 heavy (non-hydrogen) atoms. The molecule has 1 aliphatic heterocycles. The Morgan fingerprint density at radius 1 is 1.47 bits per heavy atom. The maximum absolute atomic E-state index is 12.0. The Morgan fingerprint density at radius 3 is 3.05 bits per heavy atom. The maximum Gasteiger partial charge on any atom is 0.222 e. The van der Waals surface area contributed by atoms with Crippen molar-refractivity contribution in [2.45, 2.75) is 38.5 Å². The number of carbonyl (C=O) groups is 1. The molecular formula is C16H23NO2. The summed E-state index contributed by atoms with van der Waals surface area (Å²) in [6.07, 6.45) is 3.85. The highest BCUT2D eigenvalue weighted by Crippen LogP contribution is 2.29. The van der Waals surface area contributed by atoms with Gasteiger partial charge < -0.3 is 9.64 Å². The van der Waals surface area contributed by atoms with E-state index in [2.05, 4.69) is 19.1 Å². The number of hydrogen-bond donors (Lipinski definition) is 0. The minimum absolute atomic E-state index is 0.301. The van der Waals surface area contributed by atoms with Gasteiger partial charge in [-0.2, -0.15) is 0 Å². The number of piperidine rings is 1. The summed E-state index contributed by atoms with van der Waals surface area (Å²) in [5.74, 6) is 1.65. The third kappa shape index (κ3) is 3.49. The van der Waals surface area contributed by atoms with Crippen LogP contribution in [-0.2, 0) is 4.79 Å². The normalized spacial score (nSPS) is 19.3. The van der Waals surface area contributed by atoms with Crippen molar-refractivity contribution in [2.24, 2.45) is 0 Å². The van der Waals surface area contributed by atoms with Crippen LogP contribution < -0.4 is 4.74 Å². The monoisotopic (exact) mass is 261 g/mol. The number of carbonyl (C=O) groups excluding carboxylic acids is 1. The van der Waals surface area contributed by atoms with Crippen LogP contribution in [0.15, 0.2) is 24.3 Å². The van der Waals surface area contributed by atoms with Crippen LogP contribution in [0, 0.1) is 0 Å². The van der Waals surface area contributed by atoms with Crippen molar-refractivity contribution in [3.8, 4) is 5.75 Å². The average Bonchev–Trinajstić information content (AvgIpc) is 2.48. The van der Waals surface area contributed by atoms with Crippen LogP contribution in [0.2, 0.25) is 0 Å². The van der Waals surface area contributed by atoms with Crippen LogP contribution in [0.5, 0.6) is 5.75 Å². The summed E-state index contributed by atoms with van der Waals surface area (Å²) in [6.45, 7) is 3.83. The lowest BCUT2D eigenvalue weighted by Gasteiger charge is -2.33. The second-order valence-corrected chi connectivity index (χ2v) is 5.21. The van der Waals surface area contributed by atoms with Gasteiger partial charge in [-0.25, -0.2) is 0 Å². The van der Waals surface area contributed by atoms with Crippen molar-refractivity contribution in [1.82, 2.24) is 4.90 Å². The summed E-state index contributed by atoms with van der Waals surface area (Å²) in [7, 11) is 1.69. The summed E-state index contributed by atoms with van der Waals surface area (Å²) >= 11 is 0. The van der Waals surface area contributed by atoms with Crippen LogP contribution in [-0.4, -0.2) is 31.0 Å². The van der Waals surface area contributed by atoms with Gasteiger partial charge in [-0.3, -0.25) is 4.79 Å². The number of hydrogen-bond acceptors (Lipinski definition) is 2. The lowest BCUT2D eigenvalue weighted by Crippen LogP contribution is -2.38. The van der Waals surface area contributed by atoms with E-state index in [-0.39, 0.29) is 0 Å². The van der Waals surface area contributed by atoms with Crippen molar-refractivity contribution in [2.75, 3.05) is 20.2 Å². The zero-order valence-electron chi connectivity index (χ0n) is 11.9. The molecule has 0 aromatic heterocycles. The molecule has 104 valence electrons. The van der Waals surface area contributed by atoms with Crippen LogP contribution >= 0.6 is 0 Å². The molecule has 0 aliphatic carbocycles. The third-order valence-corrected chi connectivity index (χ3v) is 3.80. The Kier molecular flexibility index (Phi) is 4.83. The molecule has 3 heteroatoms. The van der Waals surface area contributed by atoms with Gasteiger partial charge >= 0.3 is 0 Å². The summed E-state index contributed by atoms with van der Waals surface area (Å²) in [6, 6.07) is 8.23. The Morgan fingerprint density at radius 2 is 2.32 bits per heavy atom. The third-order valence-electron chi connectivity index (χ3n) is 3.80. The first-order valence-electron chi connectivity index (χ1n) is 7.16. The molecule has 3 nitrogen and oxygen atoms in total. The van der Waals surface area contributed by atoms with E-state index in [1.165, 1.54) is 5.56 Å². The summed E-state index contributed by atoms with van der Waals surface area (Å²) < 4.78 is 5.28. The first-order valence-corrected chi connectivity index (χ1v) is 7.16. The Bertz CT molecular complexity index is 431. The Labute approximate surface area is 115 Å². The maximum atomic E-state index is 12.0. The number of benzene rings is 1. The van der Waals surface area contributed by atoms with E-state index in [0.29, 0.717) is 18.2 Å². The number of nitrogens with zero attached hydrogens (tertiary/aromatic N) is 1. The molecule has 0 spiro atoms. The van der Waals surface area contributed by atoms with E-state index in [1.54, 1.807) is 7.11 Å². The molecule has 1 aromatic rings. The van der Waals surface area contributed by atoms with E-state index >= 15 is 0 Å². The van der Waals surface area contributed by atoms with Gasteiger partial charge in [-0.1, -0.05) is 19.1 Å². The van der Waals surface area contributed by atoms with Gasteiger partial charge in [0, 0.05) is 25.4 Å². The summed E-state index contributed by atoms with van der Waals surface area (Å²) in [5, 5.41) is 0. The molecular weight excluding hydrogens is 238 g/mol. The zero-order chi connectivity index (χ0) is 13.7. The quantitative estimate of drug-likeness (QED) is 0.833. The highest BCUT2D eigenvalue weighted by Gasteiger charge is 2.24. The topological polar surface area (TPSA) is 29.5 Å². The SMILES string of the molecule is CCCC(=O)N1CCCC(c2cccc(OC)c2)C1. The van der Waals surface area contributed by atoms with Gasteiger partial charge in [0.2, 0.25) is 5.91 Å². The first-order chi connectivity index (χ1) is 9.24. The number of likely N-dealkylation sites (tertiary alicyclic amines) is 1. The van der Waals surface area contributed by atoms with Crippen molar-refractivity contribution in [3.63, 3.8) is 0 Å². The summed E-state index contributed by atoms with van der Waals surface area (Å²) in [5.41, 5.74) is 1.29. The molecule has 1 heterocycles. The minimum Gasteiger partial charge on any atom is -0.497 e. The molecule has 1 saturated heterocycles.